The van der Waals surface area contributed by atoms with Crippen LogP contribution in [0.2, 0.25) is 0 Å². The highest BCUT2D eigenvalue weighted by atomic mass is 16.3. The molecule has 2 nitrogen and oxygen atoms in total. The molecular formula is C7H11NO. The average molecular weight is 125 g/mol. The zero-order chi connectivity index (χ0) is 6.85. The summed E-state index contributed by atoms with van der Waals surface area (Å²) in [5.41, 5.74) is 3.54. The lowest BCUT2D eigenvalue weighted by Crippen LogP contribution is -2.47. The molecule has 1 saturated heterocycles. The van der Waals surface area contributed by atoms with Crippen molar-refractivity contribution in [1.29, 1.82) is 0 Å². The van der Waals surface area contributed by atoms with Gasteiger partial charge in [0.25, 0.3) is 0 Å². The molecule has 2 heteroatoms. The summed E-state index contributed by atoms with van der Waals surface area (Å²) < 4.78 is 0. The number of nitrogens with zero attached hydrogens (tertiary/aromatic N) is 1. The van der Waals surface area contributed by atoms with Gasteiger partial charge < -0.3 is 10.0 Å². The van der Waals surface area contributed by atoms with Gasteiger partial charge in [-0.3, -0.25) is 0 Å². The van der Waals surface area contributed by atoms with E-state index in [4.69, 9.17) is 5.11 Å². The van der Waals surface area contributed by atoms with Gasteiger partial charge >= 0.3 is 0 Å². The summed E-state index contributed by atoms with van der Waals surface area (Å²) in [6.07, 6.45) is -0.303. The molecule has 0 amide bonds. The molecule has 0 aromatic heterocycles. The molecule has 9 heavy (non-hydrogen) atoms. The van der Waals surface area contributed by atoms with Gasteiger partial charge in [-0.2, -0.15) is 0 Å². The SMILES string of the molecule is C=C=C1C(O)CN1CC. The molecule has 0 bridgehead atoms. The first-order chi connectivity index (χ1) is 4.29. The summed E-state index contributed by atoms with van der Waals surface area (Å²) in [4.78, 5) is 2.04. The van der Waals surface area contributed by atoms with Crippen molar-refractivity contribution in [2.24, 2.45) is 0 Å². The molecule has 0 spiro atoms. The Kier molecular flexibility index (Phi) is 1.60. The highest BCUT2D eigenvalue weighted by molar-refractivity contribution is 5.14. The second kappa shape index (κ2) is 2.26. The first-order valence-electron chi connectivity index (χ1n) is 3.12. The molecular weight excluding hydrogens is 114 g/mol. The predicted octanol–water partition coefficient (Wildman–Crippen LogP) is 0.352. The number of aliphatic hydroxyl groups is 1. The van der Waals surface area contributed by atoms with Crippen LogP contribution in [0.1, 0.15) is 6.92 Å². The van der Waals surface area contributed by atoms with Gasteiger partial charge in [0.1, 0.15) is 6.10 Å². The summed E-state index contributed by atoms with van der Waals surface area (Å²) >= 11 is 0. The normalized spacial score (nSPS) is 25.3. The molecule has 50 valence electrons. The molecule has 1 fully saturated rings. The van der Waals surface area contributed by atoms with Gasteiger partial charge in [-0.1, -0.05) is 6.58 Å². The largest absolute Gasteiger partial charge is 0.384 e. The fraction of sp³-hybridized carbons (Fsp3) is 0.571. The van der Waals surface area contributed by atoms with Crippen LogP contribution < -0.4 is 0 Å². The summed E-state index contributed by atoms with van der Waals surface area (Å²) in [6.45, 7) is 7.20. The van der Waals surface area contributed by atoms with Crippen molar-refractivity contribution in [2.45, 2.75) is 13.0 Å². The Morgan fingerprint density at radius 2 is 2.67 bits per heavy atom. The number of likely N-dealkylation sites (tertiary alicyclic amines) is 1. The third kappa shape index (κ3) is 0.869. The van der Waals surface area contributed by atoms with Crippen LogP contribution in [-0.2, 0) is 0 Å². The van der Waals surface area contributed by atoms with E-state index in [0.717, 1.165) is 18.8 Å². The number of hydrogen-bond donors (Lipinski definition) is 1. The highest BCUT2D eigenvalue weighted by Crippen LogP contribution is 2.19. The van der Waals surface area contributed by atoms with E-state index in [1.807, 2.05) is 11.8 Å². The second-order valence-corrected chi connectivity index (χ2v) is 2.12. The zero-order valence-corrected chi connectivity index (χ0v) is 5.59. The maximum absolute atomic E-state index is 9.03. The molecule has 0 aromatic carbocycles. The summed E-state index contributed by atoms with van der Waals surface area (Å²) in [5, 5.41) is 9.03. The lowest BCUT2D eigenvalue weighted by Gasteiger charge is -2.38. The van der Waals surface area contributed by atoms with E-state index in [0.29, 0.717) is 0 Å². The van der Waals surface area contributed by atoms with Gasteiger partial charge in [-0.25, -0.2) is 0 Å². The molecule has 1 heterocycles. The minimum atomic E-state index is -0.303. The lowest BCUT2D eigenvalue weighted by molar-refractivity contribution is 0.0622. The second-order valence-electron chi connectivity index (χ2n) is 2.12. The molecule has 0 aromatic rings. The average Bonchev–Trinajstić information content (AvgIpc) is 1.83. The molecule has 1 N–H and O–H groups in total. The molecule has 1 aliphatic rings. The molecule has 0 radical (unpaired) electrons. The first kappa shape index (κ1) is 6.40. The third-order valence-corrected chi connectivity index (χ3v) is 1.61. The van der Waals surface area contributed by atoms with Gasteiger partial charge in [0.15, 0.2) is 0 Å². The molecule has 1 atom stereocenters. The van der Waals surface area contributed by atoms with E-state index in [-0.39, 0.29) is 6.10 Å². The van der Waals surface area contributed by atoms with E-state index < -0.39 is 0 Å². The molecule has 0 aliphatic carbocycles. The molecule has 0 saturated carbocycles. The Bertz CT molecular complexity index is 158. The van der Waals surface area contributed by atoms with Crippen LogP contribution in [0.25, 0.3) is 0 Å². The number of aliphatic hydroxyl groups excluding tert-OH is 1. The minimum Gasteiger partial charge on any atom is -0.384 e. The fourth-order valence-electron chi connectivity index (χ4n) is 1.02. The smallest absolute Gasteiger partial charge is 0.119 e. The van der Waals surface area contributed by atoms with Crippen molar-refractivity contribution in [3.05, 3.63) is 18.0 Å². The van der Waals surface area contributed by atoms with Crippen molar-refractivity contribution in [1.82, 2.24) is 4.90 Å². The summed E-state index contributed by atoms with van der Waals surface area (Å²) in [7, 11) is 0. The topological polar surface area (TPSA) is 23.5 Å². The van der Waals surface area contributed by atoms with Crippen molar-refractivity contribution in [3.63, 3.8) is 0 Å². The minimum absolute atomic E-state index is 0.303. The van der Waals surface area contributed by atoms with Crippen LogP contribution in [0.3, 0.4) is 0 Å². The Morgan fingerprint density at radius 3 is 2.89 bits per heavy atom. The maximum atomic E-state index is 9.03. The number of hydrogen-bond acceptors (Lipinski definition) is 2. The number of likely N-dealkylation sites (N-methyl/N-ethyl adjacent to an activating group) is 1. The van der Waals surface area contributed by atoms with Crippen molar-refractivity contribution in [3.8, 4) is 0 Å². The fourth-order valence-corrected chi connectivity index (χ4v) is 1.02. The maximum Gasteiger partial charge on any atom is 0.119 e. The first-order valence-corrected chi connectivity index (χ1v) is 3.12. The predicted molar refractivity (Wildman–Crippen MR) is 35.9 cm³/mol. The summed E-state index contributed by atoms with van der Waals surface area (Å²) in [5.74, 6) is 0. The van der Waals surface area contributed by atoms with Crippen LogP contribution >= 0.6 is 0 Å². The van der Waals surface area contributed by atoms with Crippen LogP contribution in [0.4, 0.5) is 0 Å². The van der Waals surface area contributed by atoms with Gasteiger partial charge in [0.2, 0.25) is 0 Å². The van der Waals surface area contributed by atoms with Gasteiger partial charge in [-0.15, -0.1) is 5.73 Å². The van der Waals surface area contributed by atoms with Gasteiger partial charge in [0.05, 0.1) is 12.2 Å². The standard InChI is InChI=1S/C7H11NO/c1-3-6-7(9)5-8(6)4-2/h7,9H,1,4-5H2,2H3. The van der Waals surface area contributed by atoms with E-state index >= 15 is 0 Å². The van der Waals surface area contributed by atoms with Crippen LogP contribution in [0.15, 0.2) is 18.0 Å². The Hall–Kier alpha value is -0.720. The van der Waals surface area contributed by atoms with Crippen molar-refractivity contribution < 1.29 is 5.11 Å². The number of rotatable bonds is 1. The number of β-amino-alcohol motifs (C(OH)–C–C–N with tert-alkyl or cyclic N) is 1. The quantitative estimate of drug-likeness (QED) is 0.511. The van der Waals surface area contributed by atoms with E-state index in [2.05, 4.69) is 12.3 Å². The molecule has 1 rings (SSSR count). The van der Waals surface area contributed by atoms with Crippen LogP contribution in [0, 0.1) is 0 Å². The lowest BCUT2D eigenvalue weighted by atomic mass is 10.1. The van der Waals surface area contributed by atoms with Gasteiger partial charge in [0, 0.05) is 6.54 Å². The van der Waals surface area contributed by atoms with E-state index in [9.17, 15) is 0 Å². The van der Waals surface area contributed by atoms with Crippen LogP contribution in [-0.4, -0.2) is 29.2 Å². The zero-order valence-electron chi connectivity index (χ0n) is 5.59. The van der Waals surface area contributed by atoms with E-state index in [1.54, 1.807) is 0 Å². The van der Waals surface area contributed by atoms with Gasteiger partial charge in [-0.05, 0) is 6.92 Å². The van der Waals surface area contributed by atoms with E-state index in [1.165, 1.54) is 0 Å². The van der Waals surface area contributed by atoms with Crippen LogP contribution in [0.5, 0.6) is 0 Å². The Balaban J connectivity index is 2.58. The highest BCUT2D eigenvalue weighted by Gasteiger charge is 2.28. The van der Waals surface area contributed by atoms with Crippen molar-refractivity contribution >= 4 is 0 Å². The van der Waals surface area contributed by atoms with Crippen molar-refractivity contribution in [2.75, 3.05) is 13.1 Å². The summed E-state index contributed by atoms with van der Waals surface area (Å²) in [6, 6.07) is 0. The Morgan fingerprint density at radius 1 is 2.00 bits per heavy atom. The monoisotopic (exact) mass is 125 g/mol. The molecule has 1 unspecified atom stereocenters. The molecule has 1 aliphatic heterocycles. The third-order valence-electron chi connectivity index (χ3n) is 1.61. The Labute approximate surface area is 55.1 Å².